The first-order valence-corrected chi connectivity index (χ1v) is 7.02. The number of β-amino-alcohol motifs (C(OH)–C–C–N with tert-alkyl or cyclic N) is 1. The lowest BCUT2D eigenvalue weighted by Crippen LogP contribution is -2.38. The number of aromatic nitrogens is 1. The van der Waals surface area contributed by atoms with E-state index in [0.717, 1.165) is 24.6 Å². The van der Waals surface area contributed by atoms with Crippen LogP contribution in [0.25, 0.3) is 0 Å². The Hall–Kier alpha value is -1.13. The summed E-state index contributed by atoms with van der Waals surface area (Å²) < 4.78 is 0. The number of rotatable bonds is 6. The van der Waals surface area contributed by atoms with Crippen molar-refractivity contribution in [2.24, 2.45) is 0 Å². The molecule has 0 amide bonds. The van der Waals surface area contributed by atoms with Crippen LogP contribution in [0.5, 0.6) is 0 Å². The lowest BCUT2D eigenvalue weighted by Gasteiger charge is -2.24. The van der Waals surface area contributed by atoms with Gasteiger partial charge in [-0.2, -0.15) is 0 Å². The summed E-state index contributed by atoms with van der Waals surface area (Å²) in [6.45, 7) is 12.8. The van der Waals surface area contributed by atoms with Crippen molar-refractivity contribution in [2.45, 2.75) is 46.3 Å². The van der Waals surface area contributed by atoms with Gasteiger partial charge in [-0.1, -0.05) is 6.07 Å². The molecule has 0 aliphatic heterocycles. The lowest BCUT2D eigenvalue weighted by molar-refractivity contribution is 0.159. The Morgan fingerprint density at radius 1 is 1.26 bits per heavy atom. The average molecular weight is 265 g/mol. The topological polar surface area (TPSA) is 48.4 Å². The zero-order valence-corrected chi connectivity index (χ0v) is 12.8. The Balaban J connectivity index is 2.75. The summed E-state index contributed by atoms with van der Waals surface area (Å²) in [4.78, 5) is 6.73. The maximum Gasteiger partial charge on any atom is 0.128 e. The zero-order valence-electron chi connectivity index (χ0n) is 12.8. The molecule has 1 rings (SSSR count). The highest BCUT2D eigenvalue weighted by molar-refractivity contribution is 5.39. The third-order valence-electron chi connectivity index (χ3n) is 3.01. The molecule has 4 heteroatoms. The first kappa shape index (κ1) is 15.9. The minimum atomic E-state index is -0.574. The van der Waals surface area contributed by atoms with E-state index >= 15 is 0 Å². The monoisotopic (exact) mass is 265 g/mol. The largest absolute Gasteiger partial charge is 0.385 e. The van der Waals surface area contributed by atoms with Crippen LogP contribution in [0.15, 0.2) is 18.2 Å². The van der Waals surface area contributed by atoms with Crippen LogP contribution < -0.4 is 10.2 Å². The second-order valence-electron chi connectivity index (χ2n) is 5.74. The summed E-state index contributed by atoms with van der Waals surface area (Å²) in [5, 5.41) is 13.5. The molecular formula is C15H27N3O. The third-order valence-corrected chi connectivity index (χ3v) is 3.01. The van der Waals surface area contributed by atoms with Crippen molar-refractivity contribution < 1.29 is 5.11 Å². The summed E-state index contributed by atoms with van der Waals surface area (Å²) in [6, 6.07) is 5.82. The van der Waals surface area contributed by atoms with Crippen LogP contribution in [-0.4, -0.2) is 35.3 Å². The van der Waals surface area contributed by atoms with Gasteiger partial charge in [0.15, 0.2) is 0 Å². The van der Waals surface area contributed by atoms with Crippen molar-refractivity contribution in [3.05, 3.63) is 23.9 Å². The molecule has 0 radical (unpaired) electrons. The number of anilines is 1. The molecule has 0 spiro atoms. The molecule has 0 saturated carbocycles. The summed E-state index contributed by atoms with van der Waals surface area (Å²) in [7, 11) is 0. The van der Waals surface area contributed by atoms with E-state index in [1.165, 1.54) is 0 Å². The maximum absolute atomic E-state index is 10.2. The molecular weight excluding hydrogens is 238 g/mol. The van der Waals surface area contributed by atoms with E-state index in [2.05, 4.69) is 49.8 Å². The second-order valence-corrected chi connectivity index (χ2v) is 5.74. The molecule has 1 heterocycles. The molecule has 0 fully saturated rings. The van der Waals surface area contributed by atoms with E-state index in [-0.39, 0.29) is 5.54 Å². The van der Waals surface area contributed by atoms with Gasteiger partial charge in [0.1, 0.15) is 11.9 Å². The van der Waals surface area contributed by atoms with Gasteiger partial charge in [0, 0.05) is 25.2 Å². The predicted molar refractivity (Wildman–Crippen MR) is 80.5 cm³/mol. The fourth-order valence-electron chi connectivity index (χ4n) is 1.86. The first-order valence-electron chi connectivity index (χ1n) is 7.02. The van der Waals surface area contributed by atoms with Crippen LogP contribution in [0, 0.1) is 0 Å². The van der Waals surface area contributed by atoms with Gasteiger partial charge in [-0.3, -0.25) is 0 Å². The van der Waals surface area contributed by atoms with Crippen LogP contribution in [0.2, 0.25) is 0 Å². The molecule has 1 aromatic rings. The molecule has 1 atom stereocenters. The van der Waals surface area contributed by atoms with E-state index in [1.54, 1.807) is 0 Å². The molecule has 0 saturated heterocycles. The Kier molecular flexibility index (Phi) is 5.76. The third kappa shape index (κ3) is 5.17. The fraction of sp³-hybridized carbons (Fsp3) is 0.667. The van der Waals surface area contributed by atoms with Gasteiger partial charge in [-0.15, -0.1) is 0 Å². The molecule has 1 aromatic heterocycles. The Labute approximate surface area is 116 Å². The summed E-state index contributed by atoms with van der Waals surface area (Å²) in [5.41, 5.74) is 0.721. The molecule has 19 heavy (non-hydrogen) atoms. The van der Waals surface area contributed by atoms with Crippen LogP contribution in [0.1, 0.15) is 46.4 Å². The van der Waals surface area contributed by atoms with Gasteiger partial charge in [0.2, 0.25) is 0 Å². The highest BCUT2D eigenvalue weighted by Crippen LogP contribution is 2.16. The molecule has 0 aromatic carbocycles. The minimum absolute atomic E-state index is 0.00252. The van der Waals surface area contributed by atoms with E-state index in [0.29, 0.717) is 6.54 Å². The van der Waals surface area contributed by atoms with E-state index in [1.807, 2.05) is 18.2 Å². The number of hydrogen-bond donors (Lipinski definition) is 2. The summed E-state index contributed by atoms with van der Waals surface area (Å²) >= 11 is 0. The standard InChI is InChI=1S/C15H27N3O/c1-6-18(7-2)14-10-8-9-12(17-14)13(19)11-16-15(3,4)5/h8-10,13,16,19H,6-7,11H2,1-5H3/t13-/m0/s1. The maximum atomic E-state index is 10.2. The fourth-order valence-corrected chi connectivity index (χ4v) is 1.86. The number of nitrogens with zero attached hydrogens (tertiary/aromatic N) is 2. The van der Waals surface area contributed by atoms with Gasteiger partial charge in [0.25, 0.3) is 0 Å². The van der Waals surface area contributed by atoms with E-state index in [4.69, 9.17) is 0 Å². The number of aliphatic hydroxyl groups is 1. The van der Waals surface area contributed by atoms with Gasteiger partial charge in [-0.25, -0.2) is 4.98 Å². The van der Waals surface area contributed by atoms with Crippen LogP contribution in [-0.2, 0) is 0 Å². The predicted octanol–water partition coefficient (Wildman–Crippen LogP) is 2.35. The SMILES string of the molecule is CCN(CC)c1cccc([C@@H](O)CNC(C)(C)C)n1. The molecule has 2 N–H and O–H groups in total. The number of nitrogens with one attached hydrogen (secondary N) is 1. The molecule has 0 bridgehead atoms. The Morgan fingerprint density at radius 3 is 2.42 bits per heavy atom. The molecule has 4 nitrogen and oxygen atoms in total. The van der Waals surface area contributed by atoms with Gasteiger partial charge in [-0.05, 0) is 46.8 Å². The lowest BCUT2D eigenvalue weighted by atomic mass is 10.1. The Morgan fingerprint density at radius 2 is 1.89 bits per heavy atom. The highest BCUT2D eigenvalue weighted by Gasteiger charge is 2.15. The normalized spacial score (nSPS) is 13.4. The Bertz CT molecular complexity index is 383. The minimum Gasteiger partial charge on any atom is -0.385 e. The van der Waals surface area contributed by atoms with Gasteiger partial charge < -0.3 is 15.3 Å². The first-order chi connectivity index (χ1) is 8.87. The van der Waals surface area contributed by atoms with Crippen molar-refractivity contribution in [3.8, 4) is 0 Å². The van der Waals surface area contributed by atoms with Crippen LogP contribution in [0.4, 0.5) is 5.82 Å². The van der Waals surface area contributed by atoms with Crippen LogP contribution >= 0.6 is 0 Å². The van der Waals surface area contributed by atoms with Crippen molar-refractivity contribution in [3.63, 3.8) is 0 Å². The van der Waals surface area contributed by atoms with Gasteiger partial charge in [0.05, 0.1) is 5.69 Å². The smallest absolute Gasteiger partial charge is 0.128 e. The molecule has 0 aliphatic rings. The van der Waals surface area contributed by atoms with Crippen molar-refractivity contribution in [1.29, 1.82) is 0 Å². The van der Waals surface area contributed by atoms with Gasteiger partial charge >= 0.3 is 0 Å². The summed E-state index contributed by atoms with van der Waals surface area (Å²) in [5.74, 6) is 0.928. The van der Waals surface area contributed by atoms with E-state index in [9.17, 15) is 5.11 Å². The summed E-state index contributed by atoms with van der Waals surface area (Å²) in [6.07, 6.45) is -0.574. The molecule has 108 valence electrons. The van der Waals surface area contributed by atoms with Crippen molar-refractivity contribution in [2.75, 3.05) is 24.5 Å². The molecule has 0 aliphatic carbocycles. The highest BCUT2D eigenvalue weighted by atomic mass is 16.3. The number of aliphatic hydroxyl groups excluding tert-OH is 1. The number of pyridine rings is 1. The van der Waals surface area contributed by atoms with Crippen molar-refractivity contribution in [1.82, 2.24) is 10.3 Å². The number of hydrogen-bond acceptors (Lipinski definition) is 4. The quantitative estimate of drug-likeness (QED) is 0.829. The van der Waals surface area contributed by atoms with Crippen LogP contribution in [0.3, 0.4) is 0 Å². The van der Waals surface area contributed by atoms with E-state index < -0.39 is 6.10 Å². The second kappa shape index (κ2) is 6.87. The van der Waals surface area contributed by atoms with Crippen molar-refractivity contribution >= 4 is 5.82 Å². The molecule has 0 unspecified atom stereocenters. The average Bonchev–Trinajstić information content (AvgIpc) is 2.37. The zero-order chi connectivity index (χ0) is 14.5.